The molecule has 0 spiro atoms. The van der Waals surface area contributed by atoms with Gasteiger partial charge in [-0.15, -0.1) is 0 Å². The van der Waals surface area contributed by atoms with Crippen LogP contribution in [0.2, 0.25) is 0 Å². The fourth-order valence-electron chi connectivity index (χ4n) is 7.66. The molecule has 0 saturated heterocycles. The lowest BCUT2D eigenvalue weighted by atomic mass is 10.1. The summed E-state index contributed by atoms with van der Waals surface area (Å²) in [6.45, 7) is 6.26. The van der Waals surface area contributed by atoms with Crippen LogP contribution in [-0.4, -0.2) is 37.2 Å². The molecule has 6 heteroatoms. The van der Waals surface area contributed by atoms with Gasteiger partial charge in [0, 0.05) is 19.3 Å². The lowest BCUT2D eigenvalue weighted by Crippen LogP contribution is -2.30. The molecular weight excluding hydrogens is 985 g/mol. The predicted molar refractivity (Wildman–Crippen MR) is 347 cm³/mol. The van der Waals surface area contributed by atoms with E-state index in [4.69, 9.17) is 14.2 Å². The van der Waals surface area contributed by atoms with Crippen LogP contribution < -0.4 is 0 Å². The van der Waals surface area contributed by atoms with Crippen LogP contribution in [-0.2, 0) is 28.6 Å². The van der Waals surface area contributed by atoms with E-state index < -0.39 is 6.10 Å². The highest BCUT2D eigenvalue weighted by Gasteiger charge is 2.19. The van der Waals surface area contributed by atoms with E-state index in [9.17, 15) is 14.4 Å². The summed E-state index contributed by atoms with van der Waals surface area (Å²) in [6.07, 6.45) is 100. The summed E-state index contributed by atoms with van der Waals surface area (Å²) in [5.41, 5.74) is 0. The van der Waals surface area contributed by atoms with Gasteiger partial charge in [0.15, 0.2) is 6.10 Å². The van der Waals surface area contributed by atoms with Crippen LogP contribution in [0.1, 0.15) is 233 Å². The third kappa shape index (κ3) is 63.1. The normalized spacial score (nSPS) is 13.5. The van der Waals surface area contributed by atoms with Gasteiger partial charge >= 0.3 is 17.9 Å². The molecule has 0 heterocycles. The summed E-state index contributed by atoms with van der Waals surface area (Å²) < 4.78 is 16.8. The third-order valence-corrected chi connectivity index (χ3v) is 12.3. The van der Waals surface area contributed by atoms with Crippen molar-refractivity contribution in [2.45, 2.75) is 239 Å². The third-order valence-electron chi connectivity index (χ3n) is 12.3. The van der Waals surface area contributed by atoms with Crippen LogP contribution in [0, 0.1) is 0 Å². The van der Waals surface area contributed by atoms with Crippen molar-refractivity contribution < 1.29 is 28.6 Å². The Morgan fingerprint density at radius 2 is 0.500 bits per heavy atom. The number of ether oxygens (including phenoxy) is 3. The fourth-order valence-corrected chi connectivity index (χ4v) is 7.66. The van der Waals surface area contributed by atoms with Gasteiger partial charge in [0.2, 0.25) is 0 Å². The molecule has 0 bridgehead atoms. The molecule has 0 N–H and O–H groups in total. The van der Waals surface area contributed by atoms with Crippen molar-refractivity contribution in [3.05, 3.63) is 194 Å². The number of carbonyl (C=O) groups is 3. The van der Waals surface area contributed by atoms with Gasteiger partial charge in [0.05, 0.1) is 0 Å². The lowest BCUT2D eigenvalue weighted by Gasteiger charge is -2.18. The van der Waals surface area contributed by atoms with E-state index in [1.165, 1.54) is 19.3 Å². The number of carbonyl (C=O) groups excluding carboxylic acids is 3. The maximum Gasteiger partial charge on any atom is 0.306 e. The smallest absolute Gasteiger partial charge is 0.306 e. The molecule has 6 nitrogen and oxygen atoms in total. The Hall–Kier alpha value is -5.75. The van der Waals surface area contributed by atoms with Crippen molar-refractivity contribution in [1.29, 1.82) is 0 Å². The van der Waals surface area contributed by atoms with Gasteiger partial charge in [-0.3, -0.25) is 14.4 Å². The van der Waals surface area contributed by atoms with Crippen molar-refractivity contribution in [3.63, 3.8) is 0 Å². The predicted octanol–water partition coefficient (Wildman–Crippen LogP) is 21.8. The van der Waals surface area contributed by atoms with Crippen LogP contribution in [0.3, 0.4) is 0 Å². The van der Waals surface area contributed by atoms with Crippen molar-refractivity contribution in [1.82, 2.24) is 0 Å². The molecular formula is C74H112O6. The topological polar surface area (TPSA) is 78.9 Å². The minimum Gasteiger partial charge on any atom is -0.462 e. The first kappa shape index (κ1) is 74.2. The number of hydrogen-bond acceptors (Lipinski definition) is 6. The van der Waals surface area contributed by atoms with Crippen LogP contribution in [0.4, 0.5) is 0 Å². The van der Waals surface area contributed by atoms with Crippen molar-refractivity contribution >= 4 is 17.9 Å². The molecule has 0 saturated carbocycles. The lowest BCUT2D eigenvalue weighted by molar-refractivity contribution is -0.167. The van der Waals surface area contributed by atoms with E-state index in [1.807, 2.05) is 0 Å². The minimum absolute atomic E-state index is 0.129. The first-order valence-corrected chi connectivity index (χ1v) is 31.4. The van der Waals surface area contributed by atoms with E-state index in [0.717, 1.165) is 167 Å². The quantitative estimate of drug-likeness (QED) is 0.0261. The number of esters is 3. The molecule has 0 rings (SSSR count). The summed E-state index contributed by atoms with van der Waals surface area (Å²) in [7, 11) is 0. The Labute approximate surface area is 490 Å². The number of allylic oxidation sites excluding steroid dienone is 32. The van der Waals surface area contributed by atoms with Gasteiger partial charge < -0.3 is 14.2 Å². The zero-order valence-electron chi connectivity index (χ0n) is 50.8. The summed E-state index contributed by atoms with van der Waals surface area (Å²) in [4.78, 5) is 38.2. The molecule has 0 aliphatic heterocycles. The second-order valence-electron chi connectivity index (χ2n) is 19.8. The van der Waals surface area contributed by atoms with Gasteiger partial charge in [-0.05, 0) is 154 Å². The molecule has 444 valence electrons. The zero-order valence-corrected chi connectivity index (χ0v) is 50.8. The molecule has 0 aromatic rings. The molecule has 1 atom stereocenters. The summed E-state index contributed by atoms with van der Waals surface area (Å²) >= 11 is 0. The van der Waals surface area contributed by atoms with Gasteiger partial charge in [-0.25, -0.2) is 0 Å². The Morgan fingerprint density at radius 1 is 0.263 bits per heavy atom. The second kappa shape index (κ2) is 65.8. The molecule has 80 heavy (non-hydrogen) atoms. The zero-order chi connectivity index (χ0) is 57.8. The molecule has 0 aliphatic carbocycles. The molecule has 1 unspecified atom stereocenters. The first-order valence-electron chi connectivity index (χ1n) is 31.4. The Bertz CT molecular complexity index is 1930. The van der Waals surface area contributed by atoms with Crippen molar-refractivity contribution in [3.8, 4) is 0 Å². The molecule has 0 aromatic carbocycles. The number of hydrogen-bond donors (Lipinski definition) is 0. The number of unbranched alkanes of at least 4 members (excludes halogenated alkanes) is 11. The van der Waals surface area contributed by atoms with E-state index in [0.29, 0.717) is 19.3 Å². The van der Waals surface area contributed by atoms with Gasteiger partial charge in [-0.1, -0.05) is 254 Å². The van der Waals surface area contributed by atoms with Crippen LogP contribution in [0.15, 0.2) is 194 Å². The first-order chi connectivity index (χ1) is 39.5. The average Bonchev–Trinajstić information content (AvgIpc) is 3.46. The molecule has 0 aliphatic rings. The minimum atomic E-state index is -0.840. The molecule has 0 radical (unpaired) electrons. The SMILES string of the molecule is CC/C=C\C/C=C\C/C=C\C/C=C\C/C=C\C/C=C\C/C=C\C/C=C\C/C=C\CCCCCC(=O)OCC(COC(=O)CCCCCCC/C=C\C/C=C\CCCC)OC(=O)CCC/C=C\C/C=C\C/C=C\C/C=C\C/C=C\CC. The number of rotatable bonds is 54. The fraction of sp³-hybridized carbons (Fsp3) is 0.527. The Kier molecular flexibility index (Phi) is 61.0. The molecule has 0 aromatic heterocycles. The van der Waals surface area contributed by atoms with E-state index >= 15 is 0 Å². The maximum absolute atomic E-state index is 12.9. The summed E-state index contributed by atoms with van der Waals surface area (Å²) in [6, 6.07) is 0. The largest absolute Gasteiger partial charge is 0.462 e. The van der Waals surface area contributed by atoms with Crippen LogP contribution in [0.25, 0.3) is 0 Å². The van der Waals surface area contributed by atoms with Crippen LogP contribution in [0.5, 0.6) is 0 Å². The highest BCUT2D eigenvalue weighted by atomic mass is 16.6. The van der Waals surface area contributed by atoms with E-state index in [2.05, 4.69) is 215 Å². The Balaban J connectivity index is 4.50. The average molecular weight is 1100 g/mol. The molecule has 0 fully saturated rings. The van der Waals surface area contributed by atoms with Crippen LogP contribution >= 0.6 is 0 Å². The van der Waals surface area contributed by atoms with Gasteiger partial charge in [-0.2, -0.15) is 0 Å². The highest BCUT2D eigenvalue weighted by molar-refractivity contribution is 5.71. The van der Waals surface area contributed by atoms with E-state index in [-0.39, 0.29) is 37.5 Å². The monoisotopic (exact) mass is 1100 g/mol. The van der Waals surface area contributed by atoms with Gasteiger partial charge in [0.25, 0.3) is 0 Å². The summed E-state index contributed by atoms with van der Waals surface area (Å²) in [5, 5.41) is 0. The standard InChI is InChI=1S/C74H112O6/c1-4-7-10-13-16-19-22-25-28-30-31-32-33-34-35-36-37-38-39-40-41-42-43-45-46-49-52-55-58-61-64-67-73(76)79-70-71(69-78-72(75)66-63-60-57-54-51-48-27-24-21-18-15-12-9-6-3)80-74(77)68-65-62-59-56-53-50-47-44-29-26-23-20-17-14-11-8-5-2/h7-8,10-11,15-20,24-29,31-32,34-35,37-38,40-41,43,45,47,49-50,52,56,59,71H,4-6,9,12-14,21-23,30,33,36,39,42,44,46,48,51,53-55,57-58,60-70H2,1-3H3/b10-7-,11-8-,18-15-,19-16-,20-17-,27-24-,28-25-,29-26-,32-31-,35-34-,38-37-,41-40-,45-43-,50-47-,52-49-,59-56-. The maximum atomic E-state index is 12.9. The van der Waals surface area contributed by atoms with Gasteiger partial charge in [0.1, 0.15) is 13.2 Å². The van der Waals surface area contributed by atoms with Crippen molar-refractivity contribution in [2.24, 2.45) is 0 Å². The molecule has 0 amide bonds. The van der Waals surface area contributed by atoms with Crippen molar-refractivity contribution in [2.75, 3.05) is 13.2 Å². The van der Waals surface area contributed by atoms with E-state index in [1.54, 1.807) is 0 Å². The Morgan fingerprint density at radius 3 is 0.812 bits per heavy atom. The highest BCUT2D eigenvalue weighted by Crippen LogP contribution is 2.12. The second-order valence-corrected chi connectivity index (χ2v) is 19.8. The summed E-state index contributed by atoms with van der Waals surface area (Å²) in [5.74, 6) is -1.05.